The number of carbonyl (C=O) groups is 1. The van der Waals surface area contributed by atoms with Crippen LogP contribution in [-0.4, -0.2) is 67.0 Å². The van der Waals surface area contributed by atoms with E-state index in [2.05, 4.69) is 32.0 Å². The van der Waals surface area contributed by atoms with Gasteiger partial charge in [0.1, 0.15) is 0 Å². The second-order valence-electron chi connectivity index (χ2n) is 11.7. The lowest BCUT2D eigenvalue weighted by Crippen LogP contribution is -2.48. The first-order valence-electron chi connectivity index (χ1n) is 15.0. The molecule has 5 rings (SSSR count). The molecule has 2 fully saturated rings. The van der Waals surface area contributed by atoms with Crippen molar-refractivity contribution in [3.8, 4) is 0 Å². The Labute approximate surface area is 252 Å². The van der Waals surface area contributed by atoms with Gasteiger partial charge in [-0.1, -0.05) is 24.3 Å². The fourth-order valence-corrected chi connectivity index (χ4v) is 6.11. The Kier molecular flexibility index (Phi) is 9.82. The Bertz CT molecular complexity index is 1370. The van der Waals surface area contributed by atoms with Crippen LogP contribution in [0, 0.1) is 5.92 Å². The van der Waals surface area contributed by atoms with Crippen LogP contribution in [0.1, 0.15) is 42.4 Å². The summed E-state index contributed by atoms with van der Waals surface area (Å²) < 4.78 is 39.5. The quantitative estimate of drug-likeness (QED) is 0.309. The van der Waals surface area contributed by atoms with Gasteiger partial charge in [-0.3, -0.25) is 14.7 Å². The minimum atomic E-state index is -4.40. The number of carbonyl (C=O) groups excluding carboxylic acids is 1. The molecule has 2 aliphatic rings. The normalized spacial score (nSPS) is 19.3. The van der Waals surface area contributed by atoms with E-state index in [0.29, 0.717) is 23.7 Å². The van der Waals surface area contributed by atoms with E-state index in [0.717, 1.165) is 80.9 Å². The van der Waals surface area contributed by atoms with Crippen LogP contribution >= 0.6 is 0 Å². The first-order valence-corrected chi connectivity index (χ1v) is 15.0. The second-order valence-corrected chi connectivity index (χ2v) is 11.7. The van der Waals surface area contributed by atoms with Crippen molar-refractivity contribution in [3.63, 3.8) is 0 Å². The van der Waals surface area contributed by atoms with E-state index in [4.69, 9.17) is 0 Å². The topological polar surface area (TPSA) is 51.7 Å². The monoisotopic (exact) mass is 591 g/mol. The molecule has 0 radical (unpaired) electrons. The van der Waals surface area contributed by atoms with Crippen LogP contribution in [0.3, 0.4) is 0 Å². The number of nitrogens with one attached hydrogen (secondary N) is 1. The van der Waals surface area contributed by atoms with Gasteiger partial charge < -0.3 is 15.1 Å². The van der Waals surface area contributed by atoms with Crippen LogP contribution < -0.4 is 10.2 Å². The van der Waals surface area contributed by atoms with E-state index < -0.39 is 11.7 Å². The molecule has 43 heavy (non-hydrogen) atoms. The number of hydrogen-bond donors (Lipinski definition) is 1. The fourth-order valence-electron chi connectivity index (χ4n) is 6.11. The minimum Gasteiger partial charge on any atom is -0.348 e. The lowest BCUT2D eigenvalue weighted by atomic mass is 9.86. The highest BCUT2D eigenvalue weighted by molar-refractivity contribution is 5.98. The minimum absolute atomic E-state index is 0.00656. The Balaban J connectivity index is 1.31. The molecule has 2 aromatic carbocycles. The molecule has 0 bridgehead atoms. The van der Waals surface area contributed by atoms with Gasteiger partial charge in [0.05, 0.1) is 5.56 Å². The van der Waals surface area contributed by atoms with Gasteiger partial charge in [0, 0.05) is 61.4 Å². The molecule has 9 heteroatoms. The number of rotatable bonds is 8. The highest BCUT2D eigenvalue weighted by Crippen LogP contribution is 2.32. The Hall–Kier alpha value is -3.69. The van der Waals surface area contributed by atoms with Crippen LogP contribution in [0.4, 0.5) is 24.5 Å². The number of benzene rings is 2. The number of piperidine rings is 2. The highest BCUT2D eigenvalue weighted by atomic mass is 19.4. The first kappa shape index (κ1) is 30.8. The third-order valence-corrected chi connectivity index (χ3v) is 8.75. The van der Waals surface area contributed by atoms with Gasteiger partial charge in [-0.15, -0.1) is 0 Å². The number of hydrogen-bond acceptors (Lipinski definition) is 5. The molecular formula is C34H40F3N5O. The molecule has 0 saturated carbocycles. The van der Waals surface area contributed by atoms with Gasteiger partial charge in [0.2, 0.25) is 5.91 Å². The SMILES string of the molecule is CN1CCC(N2CCC[C@@H](C(=Cc3ccc(C(F)(F)F)cc3)C(=O)NCc3ccc(N(C)c4ccncc4)cc3)C2)CC1. The summed E-state index contributed by atoms with van der Waals surface area (Å²) in [4.78, 5) is 24.7. The molecule has 1 aromatic heterocycles. The van der Waals surface area contributed by atoms with Crippen molar-refractivity contribution in [1.29, 1.82) is 0 Å². The smallest absolute Gasteiger partial charge is 0.348 e. The summed E-state index contributed by atoms with van der Waals surface area (Å²) in [6, 6.07) is 17.5. The maximum Gasteiger partial charge on any atom is 0.416 e. The third kappa shape index (κ3) is 8.03. The number of likely N-dealkylation sites (tertiary alicyclic amines) is 2. The summed E-state index contributed by atoms with van der Waals surface area (Å²) >= 11 is 0. The molecule has 2 aliphatic heterocycles. The van der Waals surface area contributed by atoms with E-state index in [1.807, 2.05) is 43.4 Å². The molecule has 1 atom stereocenters. The lowest BCUT2D eigenvalue weighted by molar-refractivity contribution is -0.137. The molecule has 2 saturated heterocycles. The zero-order valence-electron chi connectivity index (χ0n) is 24.9. The van der Waals surface area contributed by atoms with Crippen molar-refractivity contribution >= 4 is 23.4 Å². The molecule has 3 aromatic rings. The van der Waals surface area contributed by atoms with Crippen LogP contribution in [0.15, 0.2) is 78.6 Å². The largest absolute Gasteiger partial charge is 0.416 e. The van der Waals surface area contributed by atoms with Crippen molar-refractivity contribution in [2.24, 2.45) is 5.92 Å². The standard InChI is InChI=1S/C34H40F3N5O/c1-40-20-15-31(16-21-40)42-19-3-4-27(24-42)32(22-25-5-9-28(10-6-25)34(35,36)37)33(43)39-23-26-7-11-29(12-8-26)41(2)30-13-17-38-18-14-30/h5-14,17-18,22,27,31H,3-4,15-16,19-21,23-24H2,1-2H3,(H,39,43)/t27-/m1/s1. The van der Waals surface area contributed by atoms with Crippen LogP contribution in [0.25, 0.3) is 6.08 Å². The number of amides is 1. The van der Waals surface area contributed by atoms with Crippen molar-refractivity contribution in [2.45, 2.75) is 44.4 Å². The van der Waals surface area contributed by atoms with Crippen molar-refractivity contribution in [2.75, 3.05) is 45.2 Å². The maximum atomic E-state index is 13.7. The molecule has 3 heterocycles. The summed E-state index contributed by atoms with van der Waals surface area (Å²) in [6.07, 6.45) is 4.98. The van der Waals surface area contributed by atoms with Gasteiger partial charge in [-0.2, -0.15) is 13.2 Å². The molecule has 0 spiro atoms. The van der Waals surface area contributed by atoms with Crippen LogP contribution in [-0.2, 0) is 17.5 Å². The molecule has 1 N–H and O–H groups in total. The number of nitrogens with zero attached hydrogens (tertiary/aromatic N) is 4. The molecule has 0 aliphatic carbocycles. The van der Waals surface area contributed by atoms with E-state index in [1.165, 1.54) is 12.1 Å². The fraction of sp³-hybridized carbons (Fsp3) is 0.412. The lowest BCUT2D eigenvalue weighted by Gasteiger charge is -2.42. The Morgan fingerprint density at radius 2 is 1.60 bits per heavy atom. The van der Waals surface area contributed by atoms with E-state index in [1.54, 1.807) is 18.5 Å². The predicted octanol–water partition coefficient (Wildman–Crippen LogP) is 6.37. The van der Waals surface area contributed by atoms with Gasteiger partial charge in [-0.25, -0.2) is 0 Å². The van der Waals surface area contributed by atoms with E-state index in [9.17, 15) is 18.0 Å². The van der Waals surface area contributed by atoms with Gasteiger partial charge >= 0.3 is 6.18 Å². The van der Waals surface area contributed by atoms with E-state index >= 15 is 0 Å². The highest BCUT2D eigenvalue weighted by Gasteiger charge is 2.32. The van der Waals surface area contributed by atoms with Crippen molar-refractivity contribution in [1.82, 2.24) is 20.1 Å². The predicted molar refractivity (Wildman–Crippen MR) is 165 cm³/mol. The summed E-state index contributed by atoms with van der Waals surface area (Å²) in [7, 11) is 4.14. The summed E-state index contributed by atoms with van der Waals surface area (Å²) in [6.45, 7) is 4.29. The van der Waals surface area contributed by atoms with Crippen LogP contribution in [0.5, 0.6) is 0 Å². The Morgan fingerprint density at radius 3 is 2.26 bits per heavy atom. The average Bonchev–Trinajstić information content (AvgIpc) is 3.03. The molecule has 1 amide bonds. The van der Waals surface area contributed by atoms with Crippen molar-refractivity contribution < 1.29 is 18.0 Å². The average molecular weight is 592 g/mol. The number of alkyl halides is 3. The number of anilines is 2. The second kappa shape index (κ2) is 13.7. The van der Waals surface area contributed by atoms with E-state index in [-0.39, 0.29) is 11.8 Å². The van der Waals surface area contributed by atoms with Gasteiger partial charge in [0.15, 0.2) is 0 Å². The first-order chi connectivity index (χ1) is 20.7. The maximum absolute atomic E-state index is 13.7. The van der Waals surface area contributed by atoms with Gasteiger partial charge in [-0.05, 0) is 106 Å². The molecule has 6 nitrogen and oxygen atoms in total. The molecule has 228 valence electrons. The van der Waals surface area contributed by atoms with Crippen molar-refractivity contribution in [3.05, 3.63) is 95.3 Å². The van der Waals surface area contributed by atoms with Gasteiger partial charge in [0.25, 0.3) is 0 Å². The van der Waals surface area contributed by atoms with Crippen LogP contribution in [0.2, 0.25) is 0 Å². The molecular weight excluding hydrogens is 551 g/mol. The summed E-state index contributed by atoms with van der Waals surface area (Å²) in [5, 5.41) is 3.10. The summed E-state index contributed by atoms with van der Waals surface area (Å²) in [5.41, 5.74) is 3.53. The Morgan fingerprint density at radius 1 is 0.953 bits per heavy atom. The number of halogens is 3. The molecule has 0 unspecified atom stereocenters. The number of pyridine rings is 1. The zero-order valence-corrected chi connectivity index (χ0v) is 24.9. The summed E-state index contributed by atoms with van der Waals surface area (Å²) in [5.74, 6) is -0.166. The third-order valence-electron chi connectivity index (χ3n) is 8.75. The number of aromatic nitrogens is 1. The zero-order chi connectivity index (χ0) is 30.4.